The maximum atomic E-state index is 13.9. The van der Waals surface area contributed by atoms with E-state index in [1.165, 1.54) is 19.6 Å². The predicted octanol–water partition coefficient (Wildman–Crippen LogP) is 5.86. The maximum Gasteiger partial charge on any atom is 0.339 e. The van der Waals surface area contributed by atoms with Crippen LogP contribution in [-0.2, 0) is 17.8 Å². The molecule has 1 aliphatic rings. The fraction of sp³-hybridized carbons (Fsp3) is 0.310. The number of rotatable bonds is 10. The standard InChI is InChI=1S/C29H32BrN3O5.ClH/c1-37-22-10-8-9-20(15-22)19-31-33(26-12-5-4-11-25(26)32-13-6-3-7-14-32)28(34)17-21-16-27(38-2)23(29(35)36)18-24(21)30;/h4-5,8-12,15-16,18,31H,3,6-7,13-14,17,19H2,1-2H3,(H,35,36);1H. The number of nitrogens with one attached hydrogen (secondary N) is 1. The van der Waals surface area contributed by atoms with Crippen molar-refractivity contribution in [1.29, 1.82) is 0 Å². The largest absolute Gasteiger partial charge is 0.497 e. The van der Waals surface area contributed by atoms with Crippen LogP contribution in [-0.4, -0.2) is 44.3 Å². The van der Waals surface area contributed by atoms with Crippen LogP contribution in [0, 0.1) is 0 Å². The SMILES string of the molecule is COc1cccc(CNN(C(=O)Cc2cc(OC)c(C(=O)O)cc2Br)c2ccccc2N2CCCCC2)c1.Cl. The number of piperidine rings is 1. The Balaban J connectivity index is 0.00000420. The number of aromatic carboxylic acids is 1. The van der Waals surface area contributed by atoms with Crippen molar-refractivity contribution >= 4 is 51.6 Å². The molecule has 1 amide bonds. The molecule has 8 nitrogen and oxygen atoms in total. The zero-order valence-corrected chi connectivity index (χ0v) is 24.4. The summed E-state index contributed by atoms with van der Waals surface area (Å²) in [5.41, 5.74) is 6.73. The van der Waals surface area contributed by atoms with Crippen molar-refractivity contribution in [3.63, 3.8) is 0 Å². The van der Waals surface area contributed by atoms with Crippen molar-refractivity contribution < 1.29 is 24.2 Å². The van der Waals surface area contributed by atoms with Gasteiger partial charge in [-0.05, 0) is 66.8 Å². The molecule has 3 aromatic rings. The molecule has 0 unspecified atom stereocenters. The average Bonchev–Trinajstić information content (AvgIpc) is 2.94. The lowest BCUT2D eigenvalue weighted by atomic mass is 10.1. The average molecular weight is 619 g/mol. The highest BCUT2D eigenvalue weighted by Crippen LogP contribution is 2.33. The Labute approximate surface area is 243 Å². The van der Waals surface area contributed by atoms with Gasteiger partial charge in [0.25, 0.3) is 0 Å². The van der Waals surface area contributed by atoms with Crippen LogP contribution in [0.5, 0.6) is 11.5 Å². The number of halogens is 2. The third-order valence-electron chi connectivity index (χ3n) is 6.58. The Kier molecular flexibility index (Phi) is 11.0. The van der Waals surface area contributed by atoms with Crippen LogP contribution >= 0.6 is 28.3 Å². The Bertz CT molecular complexity index is 1300. The molecule has 1 fully saturated rings. The molecule has 0 spiro atoms. The number of nitrogens with zero attached hydrogens (tertiary/aromatic N) is 2. The fourth-order valence-corrected chi connectivity index (χ4v) is 5.11. The van der Waals surface area contributed by atoms with Crippen LogP contribution < -0.4 is 24.8 Å². The molecule has 2 N–H and O–H groups in total. The van der Waals surface area contributed by atoms with Gasteiger partial charge < -0.3 is 19.5 Å². The van der Waals surface area contributed by atoms with Crippen LogP contribution in [0.1, 0.15) is 40.7 Å². The zero-order valence-electron chi connectivity index (χ0n) is 22.0. The van der Waals surface area contributed by atoms with Gasteiger partial charge in [0.05, 0.1) is 32.0 Å². The Morgan fingerprint density at radius 1 is 1.00 bits per heavy atom. The van der Waals surface area contributed by atoms with E-state index in [1.54, 1.807) is 18.2 Å². The number of amides is 1. The van der Waals surface area contributed by atoms with E-state index >= 15 is 0 Å². The lowest BCUT2D eigenvalue weighted by Gasteiger charge is -2.34. The molecule has 0 radical (unpaired) electrons. The van der Waals surface area contributed by atoms with E-state index in [2.05, 4.69) is 32.3 Å². The van der Waals surface area contributed by atoms with Crippen molar-refractivity contribution in [3.8, 4) is 11.5 Å². The number of hydrazine groups is 1. The number of para-hydroxylation sites is 2. The second kappa shape index (κ2) is 14.2. The number of carbonyl (C=O) groups excluding carboxylic acids is 1. The first-order valence-electron chi connectivity index (χ1n) is 12.5. The van der Waals surface area contributed by atoms with Crippen LogP contribution in [0.3, 0.4) is 0 Å². The summed E-state index contributed by atoms with van der Waals surface area (Å²) in [6, 6.07) is 18.7. The van der Waals surface area contributed by atoms with Gasteiger partial charge in [-0.15, -0.1) is 12.4 Å². The first-order valence-corrected chi connectivity index (χ1v) is 13.3. The van der Waals surface area contributed by atoms with Crippen molar-refractivity contribution in [1.82, 2.24) is 5.43 Å². The highest BCUT2D eigenvalue weighted by atomic mass is 79.9. The summed E-state index contributed by atoms with van der Waals surface area (Å²) < 4.78 is 11.2. The summed E-state index contributed by atoms with van der Waals surface area (Å²) in [5.74, 6) is -0.348. The van der Waals surface area contributed by atoms with Gasteiger partial charge in [-0.3, -0.25) is 4.79 Å². The summed E-state index contributed by atoms with van der Waals surface area (Å²) in [6.07, 6.45) is 3.46. The fourth-order valence-electron chi connectivity index (χ4n) is 4.62. The lowest BCUT2D eigenvalue weighted by Crippen LogP contribution is -2.45. The third-order valence-corrected chi connectivity index (χ3v) is 7.32. The van der Waals surface area contributed by atoms with Crippen molar-refractivity contribution in [2.75, 3.05) is 37.2 Å². The van der Waals surface area contributed by atoms with Crippen LogP contribution in [0.2, 0.25) is 0 Å². The summed E-state index contributed by atoms with van der Waals surface area (Å²) in [5, 5.41) is 11.1. The van der Waals surface area contributed by atoms with Crippen molar-refractivity contribution in [2.24, 2.45) is 0 Å². The van der Waals surface area contributed by atoms with Crippen LogP contribution in [0.25, 0.3) is 0 Å². The summed E-state index contributed by atoms with van der Waals surface area (Å²) >= 11 is 3.45. The summed E-state index contributed by atoms with van der Waals surface area (Å²) in [4.78, 5) is 27.8. The van der Waals surface area contributed by atoms with Crippen LogP contribution in [0.15, 0.2) is 65.1 Å². The van der Waals surface area contributed by atoms with E-state index in [1.807, 2.05) is 42.5 Å². The molecule has 208 valence electrons. The number of hydrogen-bond acceptors (Lipinski definition) is 6. The quantitative estimate of drug-likeness (QED) is 0.275. The molecule has 10 heteroatoms. The van der Waals surface area contributed by atoms with E-state index in [-0.39, 0.29) is 36.0 Å². The van der Waals surface area contributed by atoms with Gasteiger partial charge in [0, 0.05) is 24.1 Å². The molecular weight excluding hydrogens is 586 g/mol. The topological polar surface area (TPSA) is 91.3 Å². The van der Waals surface area contributed by atoms with Gasteiger partial charge in [-0.1, -0.05) is 40.2 Å². The molecule has 3 aromatic carbocycles. The number of carboxylic acid groups (broad SMARTS) is 1. The van der Waals surface area contributed by atoms with E-state index in [9.17, 15) is 14.7 Å². The molecule has 0 bridgehead atoms. The molecule has 0 saturated carbocycles. The van der Waals surface area contributed by atoms with Gasteiger partial charge in [0.15, 0.2) is 0 Å². The van der Waals surface area contributed by atoms with E-state index in [4.69, 9.17) is 9.47 Å². The number of ether oxygens (including phenoxy) is 2. The first-order chi connectivity index (χ1) is 18.4. The van der Waals surface area contributed by atoms with Gasteiger partial charge in [-0.2, -0.15) is 0 Å². The lowest BCUT2D eigenvalue weighted by molar-refractivity contribution is -0.118. The smallest absolute Gasteiger partial charge is 0.339 e. The molecule has 0 atom stereocenters. The molecule has 1 heterocycles. The predicted molar refractivity (Wildman–Crippen MR) is 158 cm³/mol. The zero-order chi connectivity index (χ0) is 27.1. The normalized spacial score (nSPS) is 12.8. The van der Waals surface area contributed by atoms with Crippen molar-refractivity contribution in [3.05, 3.63) is 81.8 Å². The number of carbonyl (C=O) groups is 2. The number of methoxy groups -OCH3 is 2. The summed E-state index contributed by atoms with van der Waals surface area (Å²) in [6.45, 7) is 2.28. The van der Waals surface area contributed by atoms with Gasteiger partial charge in [-0.25, -0.2) is 15.2 Å². The number of benzene rings is 3. The number of carboxylic acids is 1. The molecule has 0 aromatic heterocycles. The molecule has 1 saturated heterocycles. The minimum atomic E-state index is -1.10. The van der Waals surface area contributed by atoms with E-state index in [0.29, 0.717) is 16.6 Å². The third kappa shape index (κ3) is 7.44. The second-order valence-corrected chi connectivity index (χ2v) is 9.93. The molecule has 39 heavy (non-hydrogen) atoms. The molecule has 1 aliphatic heterocycles. The first kappa shape index (κ1) is 30.3. The van der Waals surface area contributed by atoms with Gasteiger partial charge in [0.1, 0.15) is 17.1 Å². The van der Waals surface area contributed by atoms with Gasteiger partial charge in [0.2, 0.25) is 5.91 Å². The van der Waals surface area contributed by atoms with Crippen molar-refractivity contribution in [2.45, 2.75) is 32.2 Å². The molecule has 0 aliphatic carbocycles. The maximum absolute atomic E-state index is 13.9. The Morgan fingerprint density at radius 2 is 1.74 bits per heavy atom. The minimum absolute atomic E-state index is 0. The van der Waals surface area contributed by atoms with E-state index in [0.717, 1.165) is 48.6 Å². The van der Waals surface area contributed by atoms with Crippen LogP contribution in [0.4, 0.5) is 11.4 Å². The second-order valence-electron chi connectivity index (χ2n) is 9.08. The monoisotopic (exact) mass is 617 g/mol. The highest BCUT2D eigenvalue weighted by Gasteiger charge is 2.24. The Morgan fingerprint density at radius 3 is 2.44 bits per heavy atom. The number of hydrogen-bond donors (Lipinski definition) is 2. The van der Waals surface area contributed by atoms with Gasteiger partial charge >= 0.3 is 5.97 Å². The summed E-state index contributed by atoms with van der Waals surface area (Å²) in [7, 11) is 3.04. The highest BCUT2D eigenvalue weighted by molar-refractivity contribution is 9.10. The minimum Gasteiger partial charge on any atom is -0.497 e. The Hall–Kier alpha value is -3.27. The molecule has 4 rings (SSSR count). The molecular formula is C29H33BrClN3O5. The van der Waals surface area contributed by atoms with E-state index < -0.39 is 5.97 Å². The number of anilines is 2.